The second-order valence-electron chi connectivity index (χ2n) is 4.96. The fraction of sp³-hybridized carbons (Fsp3) is 0.250. The standard InChI is InChI=1S/C16H16ClFOS/c1-10(2)12-5-4-6-13(16(12)18)14-9-11(20(3)19)7-8-15(14)17/h4-10H,1-3H3. The minimum absolute atomic E-state index is 0.0946. The predicted octanol–water partition coefficient (Wildman–Crippen LogP) is 5.01. The first-order valence-corrected chi connectivity index (χ1v) is 8.27. The highest BCUT2D eigenvalue weighted by Gasteiger charge is 2.15. The summed E-state index contributed by atoms with van der Waals surface area (Å²) in [4.78, 5) is 0.638. The zero-order chi connectivity index (χ0) is 14.9. The van der Waals surface area contributed by atoms with E-state index in [-0.39, 0.29) is 11.7 Å². The molecule has 0 heterocycles. The molecule has 4 heteroatoms. The third-order valence-electron chi connectivity index (χ3n) is 3.21. The van der Waals surface area contributed by atoms with E-state index in [9.17, 15) is 8.60 Å². The Morgan fingerprint density at radius 2 is 1.85 bits per heavy atom. The second kappa shape index (κ2) is 6.06. The first-order chi connectivity index (χ1) is 9.41. The van der Waals surface area contributed by atoms with Crippen molar-refractivity contribution in [3.8, 4) is 11.1 Å². The van der Waals surface area contributed by atoms with Crippen molar-refractivity contribution in [2.24, 2.45) is 0 Å². The van der Waals surface area contributed by atoms with Gasteiger partial charge in [-0.25, -0.2) is 4.39 Å². The maximum absolute atomic E-state index is 14.6. The molecule has 0 spiro atoms. The normalized spacial score (nSPS) is 12.7. The van der Waals surface area contributed by atoms with Gasteiger partial charge in [-0.3, -0.25) is 4.21 Å². The summed E-state index contributed by atoms with van der Waals surface area (Å²) in [7, 11) is -1.12. The molecule has 0 aromatic heterocycles. The van der Waals surface area contributed by atoms with Crippen LogP contribution in [-0.2, 0) is 10.8 Å². The monoisotopic (exact) mass is 310 g/mol. The first kappa shape index (κ1) is 15.2. The fourth-order valence-corrected chi connectivity index (χ4v) is 2.86. The zero-order valence-electron chi connectivity index (χ0n) is 11.6. The van der Waals surface area contributed by atoms with E-state index in [1.165, 1.54) is 0 Å². The Kier molecular flexibility index (Phi) is 4.61. The van der Waals surface area contributed by atoms with Crippen molar-refractivity contribution in [3.05, 3.63) is 52.8 Å². The second-order valence-corrected chi connectivity index (χ2v) is 6.75. The smallest absolute Gasteiger partial charge is 0.134 e. The van der Waals surface area contributed by atoms with Gasteiger partial charge in [0.1, 0.15) is 5.82 Å². The van der Waals surface area contributed by atoms with Crippen LogP contribution in [0.3, 0.4) is 0 Å². The van der Waals surface area contributed by atoms with Gasteiger partial charge in [0.2, 0.25) is 0 Å². The Labute approximate surface area is 126 Å². The molecule has 0 saturated heterocycles. The van der Waals surface area contributed by atoms with E-state index in [2.05, 4.69) is 0 Å². The molecule has 1 unspecified atom stereocenters. The third kappa shape index (κ3) is 2.94. The number of rotatable bonds is 3. The van der Waals surface area contributed by atoms with E-state index in [1.54, 1.807) is 36.6 Å². The van der Waals surface area contributed by atoms with Gasteiger partial charge in [0.15, 0.2) is 0 Å². The topological polar surface area (TPSA) is 17.1 Å². The van der Waals surface area contributed by atoms with E-state index < -0.39 is 10.8 Å². The van der Waals surface area contributed by atoms with Gasteiger partial charge in [-0.2, -0.15) is 0 Å². The molecule has 0 bridgehead atoms. The van der Waals surface area contributed by atoms with E-state index in [0.29, 0.717) is 26.6 Å². The fourth-order valence-electron chi connectivity index (χ4n) is 2.09. The average molecular weight is 311 g/mol. The molecule has 2 aromatic carbocycles. The summed E-state index contributed by atoms with van der Waals surface area (Å²) in [6, 6.07) is 10.4. The van der Waals surface area contributed by atoms with Gasteiger partial charge in [-0.1, -0.05) is 43.6 Å². The van der Waals surface area contributed by atoms with Crippen molar-refractivity contribution in [3.63, 3.8) is 0 Å². The van der Waals surface area contributed by atoms with Gasteiger partial charge in [0.25, 0.3) is 0 Å². The van der Waals surface area contributed by atoms with Crippen molar-refractivity contribution < 1.29 is 8.60 Å². The van der Waals surface area contributed by atoms with E-state index in [1.807, 2.05) is 19.9 Å². The molecule has 0 aliphatic heterocycles. The van der Waals surface area contributed by atoms with Crippen LogP contribution in [0.1, 0.15) is 25.3 Å². The summed E-state index contributed by atoms with van der Waals surface area (Å²) in [6.07, 6.45) is 1.59. The highest BCUT2D eigenvalue weighted by Crippen LogP contribution is 2.34. The van der Waals surface area contributed by atoms with Crippen molar-refractivity contribution >= 4 is 22.4 Å². The van der Waals surface area contributed by atoms with Crippen molar-refractivity contribution in [1.82, 2.24) is 0 Å². The summed E-state index contributed by atoms with van der Waals surface area (Å²) >= 11 is 6.17. The number of benzene rings is 2. The molecular formula is C16H16ClFOS. The summed E-state index contributed by atoms with van der Waals surface area (Å²) in [6.45, 7) is 3.89. The first-order valence-electron chi connectivity index (χ1n) is 6.33. The Morgan fingerprint density at radius 1 is 1.15 bits per heavy atom. The third-order valence-corrected chi connectivity index (χ3v) is 4.46. The summed E-state index contributed by atoms with van der Waals surface area (Å²) in [5.74, 6) is -0.166. The molecule has 2 rings (SSSR count). The van der Waals surface area contributed by atoms with Gasteiger partial charge in [0.05, 0.1) is 0 Å². The van der Waals surface area contributed by atoms with Gasteiger partial charge >= 0.3 is 0 Å². The zero-order valence-corrected chi connectivity index (χ0v) is 13.2. The number of hydrogen-bond acceptors (Lipinski definition) is 1. The quantitative estimate of drug-likeness (QED) is 0.779. The van der Waals surface area contributed by atoms with Crippen LogP contribution >= 0.6 is 11.6 Å². The van der Waals surface area contributed by atoms with Gasteiger partial charge in [0, 0.05) is 38.1 Å². The number of hydrogen-bond donors (Lipinski definition) is 0. The molecule has 0 N–H and O–H groups in total. The van der Waals surface area contributed by atoms with Crippen LogP contribution in [0.15, 0.2) is 41.3 Å². The molecule has 0 saturated carbocycles. The maximum atomic E-state index is 14.6. The van der Waals surface area contributed by atoms with E-state index in [4.69, 9.17) is 11.6 Å². The largest absolute Gasteiger partial charge is 0.255 e. The molecule has 106 valence electrons. The summed E-state index contributed by atoms with van der Waals surface area (Å²) in [5.41, 5.74) is 1.69. The van der Waals surface area contributed by atoms with E-state index in [0.717, 1.165) is 0 Å². The lowest BCUT2D eigenvalue weighted by Crippen LogP contribution is -1.97. The lowest BCUT2D eigenvalue weighted by atomic mass is 9.96. The number of halogens is 2. The lowest BCUT2D eigenvalue weighted by molar-refractivity contribution is 0.601. The Morgan fingerprint density at radius 3 is 2.45 bits per heavy atom. The van der Waals surface area contributed by atoms with Crippen molar-refractivity contribution in [2.45, 2.75) is 24.7 Å². The molecular weight excluding hydrogens is 295 g/mol. The molecule has 0 amide bonds. The molecule has 0 aliphatic carbocycles. The Bertz CT molecular complexity index is 668. The molecule has 1 nitrogen and oxygen atoms in total. The van der Waals surface area contributed by atoms with Gasteiger partial charge in [-0.15, -0.1) is 0 Å². The molecule has 0 fully saturated rings. The van der Waals surface area contributed by atoms with Crippen LogP contribution in [0.5, 0.6) is 0 Å². The molecule has 1 atom stereocenters. The summed E-state index contributed by atoms with van der Waals surface area (Å²) in [5, 5.41) is 0.457. The highest BCUT2D eigenvalue weighted by atomic mass is 35.5. The summed E-state index contributed by atoms with van der Waals surface area (Å²) < 4.78 is 26.2. The Balaban J connectivity index is 2.65. The van der Waals surface area contributed by atoms with Gasteiger partial charge < -0.3 is 0 Å². The van der Waals surface area contributed by atoms with Crippen LogP contribution in [-0.4, -0.2) is 10.5 Å². The molecule has 0 aliphatic rings. The van der Waals surface area contributed by atoms with Gasteiger partial charge in [-0.05, 0) is 29.7 Å². The lowest BCUT2D eigenvalue weighted by Gasteiger charge is -2.13. The van der Waals surface area contributed by atoms with Crippen LogP contribution in [0.25, 0.3) is 11.1 Å². The minimum Gasteiger partial charge on any atom is -0.255 e. The van der Waals surface area contributed by atoms with Crippen molar-refractivity contribution in [2.75, 3.05) is 6.26 Å². The average Bonchev–Trinajstić information content (AvgIpc) is 2.39. The van der Waals surface area contributed by atoms with E-state index >= 15 is 0 Å². The SMILES string of the molecule is CC(C)c1cccc(-c2cc(S(C)=O)ccc2Cl)c1F. The molecule has 20 heavy (non-hydrogen) atoms. The molecule has 0 radical (unpaired) electrons. The van der Waals surface area contributed by atoms with Crippen LogP contribution in [0, 0.1) is 5.82 Å². The maximum Gasteiger partial charge on any atom is 0.134 e. The van der Waals surface area contributed by atoms with Crippen molar-refractivity contribution in [1.29, 1.82) is 0 Å². The van der Waals surface area contributed by atoms with Crippen LogP contribution < -0.4 is 0 Å². The van der Waals surface area contributed by atoms with Crippen LogP contribution in [0.2, 0.25) is 5.02 Å². The predicted molar refractivity (Wildman–Crippen MR) is 83.3 cm³/mol. The Hall–Kier alpha value is -1.19. The molecule has 2 aromatic rings. The highest BCUT2D eigenvalue weighted by molar-refractivity contribution is 7.84. The van der Waals surface area contributed by atoms with Crippen LogP contribution in [0.4, 0.5) is 4.39 Å². The minimum atomic E-state index is -1.12.